The monoisotopic (exact) mass is 346 g/mol. The van der Waals surface area contributed by atoms with Gasteiger partial charge in [-0.2, -0.15) is 0 Å². The quantitative estimate of drug-likeness (QED) is 0.669. The minimum atomic E-state index is -0.0956. The topological polar surface area (TPSA) is 45.5 Å². The van der Waals surface area contributed by atoms with Crippen molar-refractivity contribution in [2.75, 3.05) is 6.54 Å². The Balaban J connectivity index is 2.54. The largest absolute Gasteiger partial charge is 0.493 e. The third-order valence-corrected chi connectivity index (χ3v) is 6.14. The molecule has 1 aliphatic rings. The Morgan fingerprint density at radius 3 is 2.40 bits per heavy atom. The Morgan fingerprint density at radius 2 is 1.95 bits per heavy atom. The molecule has 1 aliphatic heterocycles. The molecule has 1 amide bonds. The van der Waals surface area contributed by atoms with E-state index in [2.05, 4.69) is 0 Å². The van der Waals surface area contributed by atoms with E-state index in [4.69, 9.17) is 24.4 Å². The Morgan fingerprint density at radius 1 is 1.30 bits per heavy atom. The standard InChI is InChI=1S/C12H14N2O2S4/c1-4-13-9(15)7(19-11(13)17)6(3)8-10(16)14(5-2)12(18)20-8/h15H,4-5H2,1-3H3/b8-6+. The fraction of sp³-hybridized carbons (Fsp3) is 0.417. The van der Waals surface area contributed by atoms with E-state index in [-0.39, 0.29) is 11.8 Å². The van der Waals surface area contributed by atoms with Crippen molar-refractivity contribution in [1.29, 1.82) is 0 Å². The molecule has 0 unspecified atom stereocenters. The first kappa shape index (κ1) is 15.7. The van der Waals surface area contributed by atoms with Crippen LogP contribution in [0, 0.1) is 3.95 Å². The number of thiocarbonyl (C=S) groups is 1. The Kier molecular flexibility index (Phi) is 4.68. The van der Waals surface area contributed by atoms with Gasteiger partial charge in [0.2, 0.25) is 5.88 Å². The number of likely N-dealkylation sites (N-methyl/N-ethyl adjacent to an activating group) is 1. The van der Waals surface area contributed by atoms with Gasteiger partial charge in [0, 0.05) is 13.1 Å². The molecule has 1 N–H and O–H groups in total. The van der Waals surface area contributed by atoms with Crippen LogP contribution in [-0.2, 0) is 11.3 Å². The van der Waals surface area contributed by atoms with E-state index in [1.165, 1.54) is 23.1 Å². The lowest BCUT2D eigenvalue weighted by atomic mass is 10.2. The average molecular weight is 347 g/mol. The van der Waals surface area contributed by atoms with Crippen LogP contribution in [0.1, 0.15) is 25.6 Å². The molecule has 1 saturated heterocycles. The van der Waals surface area contributed by atoms with Crippen molar-refractivity contribution >= 4 is 63.3 Å². The number of thiazole rings is 1. The number of nitrogens with zero attached hydrogens (tertiary/aromatic N) is 2. The number of aromatic nitrogens is 1. The average Bonchev–Trinajstić information content (AvgIpc) is 2.85. The highest BCUT2D eigenvalue weighted by molar-refractivity contribution is 8.26. The van der Waals surface area contributed by atoms with E-state index in [1.807, 2.05) is 20.8 Å². The summed E-state index contributed by atoms with van der Waals surface area (Å²) >= 11 is 13.0. The van der Waals surface area contributed by atoms with Crippen LogP contribution in [0.3, 0.4) is 0 Å². The smallest absolute Gasteiger partial charge is 0.266 e. The fourth-order valence-corrected chi connectivity index (χ4v) is 4.82. The molecule has 0 radical (unpaired) electrons. The second kappa shape index (κ2) is 5.97. The molecule has 8 heteroatoms. The molecule has 108 valence electrons. The van der Waals surface area contributed by atoms with E-state index in [1.54, 1.807) is 9.47 Å². The zero-order valence-electron chi connectivity index (χ0n) is 11.3. The number of rotatable bonds is 3. The van der Waals surface area contributed by atoms with Gasteiger partial charge in [0.05, 0.1) is 9.78 Å². The number of aromatic hydroxyl groups is 1. The first-order valence-electron chi connectivity index (χ1n) is 6.09. The lowest BCUT2D eigenvalue weighted by Gasteiger charge is -2.10. The molecule has 0 saturated carbocycles. The molecular weight excluding hydrogens is 332 g/mol. The molecule has 2 rings (SSSR count). The summed E-state index contributed by atoms with van der Waals surface area (Å²) in [4.78, 5) is 15.1. The maximum atomic E-state index is 12.3. The van der Waals surface area contributed by atoms with E-state index in [0.717, 1.165) is 5.57 Å². The van der Waals surface area contributed by atoms with Crippen LogP contribution in [0.25, 0.3) is 5.57 Å². The van der Waals surface area contributed by atoms with Crippen molar-refractivity contribution in [2.24, 2.45) is 0 Å². The molecule has 1 fully saturated rings. The number of carbonyl (C=O) groups excluding carboxylic acids is 1. The van der Waals surface area contributed by atoms with Gasteiger partial charge < -0.3 is 5.11 Å². The number of allylic oxidation sites excluding steroid dienone is 1. The van der Waals surface area contributed by atoms with Gasteiger partial charge >= 0.3 is 0 Å². The van der Waals surface area contributed by atoms with Crippen molar-refractivity contribution in [3.8, 4) is 5.88 Å². The van der Waals surface area contributed by atoms with E-state index < -0.39 is 0 Å². The molecule has 20 heavy (non-hydrogen) atoms. The van der Waals surface area contributed by atoms with E-state index >= 15 is 0 Å². The molecule has 0 bridgehead atoms. The highest BCUT2D eigenvalue weighted by Gasteiger charge is 2.33. The lowest BCUT2D eigenvalue weighted by molar-refractivity contribution is -0.122. The van der Waals surface area contributed by atoms with Gasteiger partial charge in [-0.05, 0) is 38.6 Å². The zero-order chi connectivity index (χ0) is 15.0. The molecule has 0 spiro atoms. The van der Waals surface area contributed by atoms with Crippen molar-refractivity contribution in [1.82, 2.24) is 9.47 Å². The minimum Gasteiger partial charge on any atom is -0.493 e. The molecule has 1 aromatic rings. The summed E-state index contributed by atoms with van der Waals surface area (Å²) in [6.07, 6.45) is 0. The van der Waals surface area contributed by atoms with Gasteiger partial charge in [0.15, 0.2) is 3.95 Å². The highest BCUT2D eigenvalue weighted by atomic mass is 32.2. The minimum absolute atomic E-state index is 0.0956. The van der Waals surface area contributed by atoms with Crippen LogP contribution >= 0.6 is 47.5 Å². The zero-order valence-corrected chi connectivity index (χ0v) is 14.6. The van der Waals surface area contributed by atoms with Crippen LogP contribution in [-0.4, -0.2) is 31.3 Å². The Bertz CT molecular complexity index is 671. The normalized spacial score (nSPS) is 18.1. The van der Waals surface area contributed by atoms with Gasteiger partial charge in [-0.15, -0.1) is 11.3 Å². The van der Waals surface area contributed by atoms with Gasteiger partial charge in [-0.1, -0.05) is 24.0 Å². The number of carbonyl (C=O) groups is 1. The molecule has 2 heterocycles. The maximum Gasteiger partial charge on any atom is 0.266 e. The molecule has 0 atom stereocenters. The van der Waals surface area contributed by atoms with Gasteiger partial charge in [-0.3, -0.25) is 14.3 Å². The number of hydrogen-bond donors (Lipinski definition) is 1. The van der Waals surface area contributed by atoms with Gasteiger partial charge in [0.25, 0.3) is 5.91 Å². The second-order valence-electron chi connectivity index (χ2n) is 4.14. The molecule has 4 nitrogen and oxygen atoms in total. The summed E-state index contributed by atoms with van der Waals surface area (Å²) < 4.78 is 2.81. The first-order valence-corrected chi connectivity index (χ1v) is 8.54. The van der Waals surface area contributed by atoms with Crippen molar-refractivity contribution < 1.29 is 9.90 Å². The van der Waals surface area contributed by atoms with Crippen LogP contribution in [0.5, 0.6) is 5.88 Å². The summed E-state index contributed by atoms with van der Waals surface area (Å²) in [5.74, 6) is 0.0310. The summed E-state index contributed by atoms with van der Waals surface area (Å²) in [6.45, 7) is 6.78. The third kappa shape index (κ3) is 2.45. The fourth-order valence-electron chi connectivity index (χ4n) is 1.92. The summed E-state index contributed by atoms with van der Waals surface area (Å²) in [5, 5.41) is 10.2. The molecular formula is C12H14N2O2S4. The molecule has 0 aromatic carbocycles. The predicted octanol–water partition coefficient (Wildman–Crippen LogP) is 3.62. The summed E-state index contributed by atoms with van der Waals surface area (Å²) in [7, 11) is 0. The number of hydrogen-bond acceptors (Lipinski definition) is 6. The number of thioether (sulfide) groups is 1. The van der Waals surface area contributed by atoms with E-state index in [0.29, 0.717) is 31.1 Å². The SMILES string of the molecule is CCN1C(=O)/C(=C(/C)c2sc(=S)n(CC)c2O)SC1=S. The van der Waals surface area contributed by atoms with Gasteiger partial charge in [-0.25, -0.2) is 0 Å². The second-order valence-corrected chi connectivity index (χ2v) is 7.42. The number of amides is 1. The Labute approximate surface area is 136 Å². The maximum absolute atomic E-state index is 12.3. The summed E-state index contributed by atoms with van der Waals surface area (Å²) in [6, 6.07) is 0. The van der Waals surface area contributed by atoms with E-state index in [9.17, 15) is 9.90 Å². The highest BCUT2D eigenvalue weighted by Crippen LogP contribution is 2.41. The van der Waals surface area contributed by atoms with Crippen LogP contribution in [0.15, 0.2) is 4.91 Å². The van der Waals surface area contributed by atoms with Crippen LogP contribution in [0.2, 0.25) is 0 Å². The first-order chi connectivity index (χ1) is 9.42. The van der Waals surface area contributed by atoms with Crippen molar-refractivity contribution in [2.45, 2.75) is 27.3 Å². The van der Waals surface area contributed by atoms with Crippen molar-refractivity contribution in [3.63, 3.8) is 0 Å². The lowest BCUT2D eigenvalue weighted by Crippen LogP contribution is -2.27. The van der Waals surface area contributed by atoms with Crippen LogP contribution < -0.4 is 0 Å². The third-order valence-electron chi connectivity index (χ3n) is 3.03. The van der Waals surface area contributed by atoms with Crippen molar-refractivity contribution in [3.05, 3.63) is 13.7 Å². The Hall–Kier alpha value is -0.700. The molecule has 1 aromatic heterocycles. The van der Waals surface area contributed by atoms with Gasteiger partial charge in [0.1, 0.15) is 4.32 Å². The molecule has 0 aliphatic carbocycles. The summed E-state index contributed by atoms with van der Waals surface area (Å²) in [5.41, 5.74) is 0.735. The van der Waals surface area contributed by atoms with Crippen LogP contribution in [0.4, 0.5) is 0 Å². The predicted molar refractivity (Wildman–Crippen MR) is 90.7 cm³/mol.